The van der Waals surface area contributed by atoms with Gasteiger partial charge in [-0.25, -0.2) is 8.78 Å². The summed E-state index contributed by atoms with van der Waals surface area (Å²) in [5.41, 5.74) is -0.622. The number of ether oxygens (including phenoxy) is 1. The lowest BCUT2D eigenvalue weighted by Gasteiger charge is -2.07. The third-order valence-electron chi connectivity index (χ3n) is 4.14. The van der Waals surface area contributed by atoms with Crippen LogP contribution in [0.1, 0.15) is 19.4 Å². The molecular formula is C16H14ClF5O2. The fourth-order valence-electron chi connectivity index (χ4n) is 2.58. The molecule has 0 radical (unpaired) electrons. The number of carbonyl (C=O) groups excluding carboxylic acids is 1. The fraction of sp³-hybridized carbons (Fsp3) is 0.438. The summed E-state index contributed by atoms with van der Waals surface area (Å²) in [5, 5.41) is 0.193. The van der Waals surface area contributed by atoms with Crippen molar-refractivity contribution >= 4 is 17.6 Å². The molecule has 0 heterocycles. The van der Waals surface area contributed by atoms with Gasteiger partial charge in [0.2, 0.25) is 0 Å². The van der Waals surface area contributed by atoms with Crippen molar-refractivity contribution in [3.8, 4) is 0 Å². The highest BCUT2D eigenvalue weighted by atomic mass is 35.5. The van der Waals surface area contributed by atoms with E-state index in [2.05, 4.69) is 0 Å². The molecule has 2 nitrogen and oxygen atoms in total. The second-order valence-electron chi connectivity index (χ2n) is 6.18. The lowest BCUT2D eigenvalue weighted by atomic mass is 10.1. The first-order valence-electron chi connectivity index (χ1n) is 6.99. The van der Waals surface area contributed by atoms with Crippen molar-refractivity contribution in [1.29, 1.82) is 0 Å². The maximum Gasteiger partial charge on any atom is 0.442 e. The number of benzene rings is 1. The van der Waals surface area contributed by atoms with Crippen LogP contribution in [0.15, 0.2) is 30.1 Å². The Balaban J connectivity index is 2.04. The SMILES string of the molecule is CC1(C)[C@H](C(=O)OCc2cc(F)ccc2Cl)[C@@H]1C=C(F)C(F)(F)F. The van der Waals surface area contributed by atoms with E-state index < -0.39 is 41.0 Å². The van der Waals surface area contributed by atoms with E-state index in [1.54, 1.807) is 13.8 Å². The quantitative estimate of drug-likeness (QED) is 0.538. The summed E-state index contributed by atoms with van der Waals surface area (Å²) < 4.78 is 68.0. The van der Waals surface area contributed by atoms with Crippen LogP contribution in [0.4, 0.5) is 22.0 Å². The Labute approximate surface area is 140 Å². The van der Waals surface area contributed by atoms with E-state index in [9.17, 15) is 26.7 Å². The normalized spacial score (nSPS) is 23.1. The zero-order chi connectivity index (χ0) is 18.3. The largest absolute Gasteiger partial charge is 0.461 e. The topological polar surface area (TPSA) is 26.3 Å². The van der Waals surface area contributed by atoms with E-state index in [0.29, 0.717) is 6.08 Å². The van der Waals surface area contributed by atoms with Gasteiger partial charge in [-0.3, -0.25) is 4.79 Å². The number of hydrogen-bond donors (Lipinski definition) is 0. The number of alkyl halides is 3. The summed E-state index contributed by atoms with van der Waals surface area (Å²) >= 11 is 5.84. The average molecular weight is 369 g/mol. The zero-order valence-corrected chi connectivity index (χ0v) is 13.5. The van der Waals surface area contributed by atoms with Crippen LogP contribution < -0.4 is 0 Å². The van der Waals surface area contributed by atoms with Crippen LogP contribution in [0, 0.1) is 23.1 Å². The minimum atomic E-state index is -5.08. The first-order chi connectivity index (χ1) is 10.9. The molecule has 0 aliphatic heterocycles. The maximum absolute atomic E-state index is 13.1. The Kier molecular flexibility index (Phi) is 4.95. The van der Waals surface area contributed by atoms with Crippen molar-refractivity contribution in [3.63, 3.8) is 0 Å². The monoisotopic (exact) mass is 368 g/mol. The lowest BCUT2D eigenvalue weighted by Crippen LogP contribution is -2.11. The molecule has 1 aliphatic carbocycles. The lowest BCUT2D eigenvalue weighted by molar-refractivity contribution is -0.147. The zero-order valence-electron chi connectivity index (χ0n) is 12.8. The van der Waals surface area contributed by atoms with E-state index in [4.69, 9.17) is 16.3 Å². The van der Waals surface area contributed by atoms with Crippen LogP contribution in [-0.4, -0.2) is 12.1 Å². The van der Waals surface area contributed by atoms with Crippen molar-refractivity contribution in [2.75, 3.05) is 0 Å². The van der Waals surface area contributed by atoms with Crippen LogP contribution in [0.25, 0.3) is 0 Å². The highest BCUT2D eigenvalue weighted by Crippen LogP contribution is 2.60. The van der Waals surface area contributed by atoms with Gasteiger partial charge in [-0.2, -0.15) is 13.2 Å². The molecule has 24 heavy (non-hydrogen) atoms. The molecule has 8 heteroatoms. The van der Waals surface area contributed by atoms with Crippen LogP contribution in [-0.2, 0) is 16.1 Å². The van der Waals surface area contributed by atoms with Crippen molar-refractivity contribution in [1.82, 2.24) is 0 Å². The minimum absolute atomic E-state index is 0.193. The van der Waals surface area contributed by atoms with Crippen molar-refractivity contribution < 1.29 is 31.5 Å². The minimum Gasteiger partial charge on any atom is -0.461 e. The summed E-state index contributed by atoms with van der Waals surface area (Å²) in [7, 11) is 0. The van der Waals surface area contributed by atoms with Crippen LogP contribution in [0.5, 0.6) is 0 Å². The maximum atomic E-state index is 13.1. The number of hydrogen-bond acceptors (Lipinski definition) is 2. The smallest absolute Gasteiger partial charge is 0.442 e. The number of carbonyl (C=O) groups is 1. The molecule has 1 saturated carbocycles. The van der Waals surface area contributed by atoms with Gasteiger partial charge in [-0.1, -0.05) is 25.4 Å². The first-order valence-corrected chi connectivity index (χ1v) is 7.37. The van der Waals surface area contributed by atoms with E-state index in [0.717, 1.165) is 12.1 Å². The summed E-state index contributed by atoms with van der Waals surface area (Å²) in [6, 6.07) is 3.53. The van der Waals surface area contributed by atoms with Gasteiger partial charge in [0.1, 0.15) is 12.4 Å². The number of esters is 1. The van der Waals surface area contributed by atoms with E-state index in [-0.39, 0.29) is 17.2 Å². The number of rotatable bonds is 4. The Hall–Kier alpha value is -1.63. The Bertz CT molecular complexity index is 682. The summed E-state index contributed by atoms with van der Waals surface area (Å²) in [4.78, 5) is 12.0. The van der Waals surface area contributed by atoms with Gasteiger partial charge in [0.15, 0.2) is 5.83 Å². The van der Waals surface area contributed by atoms with Gasteiger partial charge < -0.3 is 4.74 Å². The number of halogens is 6. The van der Waals surface area contributed by atoms with E-state index >= 15 is 0 Å². The van der Waals surface area contributed by atoms with E-state index in [1.165, 1.54) is 6.07 Å². The molecular weight excluding hydrogens is 355 g/mol. The van der Waals surface area contributed by atoms with Gasteiger partial charge in [0.25, 0.3) is 0 Å². The first kappa shape index (κ1) is 18.7. The molecule has 1 aromatic rings. The van der Waals surface area contributed by atoms with Crippen molar-refractivity contribution in [2.45, 2.75) is 26.6 Å². The van der Waals surface area contributed by atoms with Crippen molar-refractivity contribution in [3.05, 3.63) is 46.5 Å². The second kappa shape index (κ2) is 6.35. The molecule has 1 aromatic carbocycles. The van der Waals surface area contributed by atoms with Gasteiger partial charge in [0.05, 0.1) is 5.92 Å². The Morgan fingerprint density at radius 3 is 2.58 bits per heavy atom. The molecule has 0 spiro atoms. The predicted octanol–water partition coefficient (Wildman–Crippen LogP) is 5.21. The standard InChI is InChI=1S/C16H14ClF5O2/c1-15(2)10(6-12(19)16(20,21)22)13(15)14(23)24-7-8-5-9(18)3-4-11(8)17/h3-6,10,13H,7H2,1-2H3/t10-,13-/m0/s1. The number of allylic oxidation sites excluding steroid dienone is 2. The molecule has 2 rings (SSSR count). The van der Waals surface area contributed by atoms with Crippen LogP contribution in [0.3, 0.4) is 0 Å². The van der Waals surface area contributed by atoms with Gasteiger partial charge >= 0.3 is 12.1 Å². The summed E-state index contributed by atoms with van der Waals surface area (Å²) in [6.07, 6.45) is -4.68. The molecule has 0 amide bonds. The molecule has 132 valence electrons. The third-order valence-corrected chi connectivity index (χ3v) is 4.51. The summed E-state index contributed by atoms with van der Waals surface area (Å²) in [5.74, 6) is -5.40. The van der Waals surface area contributed by atoms with Gasteiger partial charge in [-0.05, 0) is 35.6 Å². The highest BCUT2D eigenvalue weighted by molar-refractivity contribution is 6.31. The van der Waals surface area contributed by atoms with Gasteiger partial charge in [-0.15, -0.1) is 0 Å². The molecule has 1 fully saturated rings. The second-order valence-corrected chi connectivity index (χ2v) is 6.59. The molecule has 0 N–H and O–H groups in total. The van der Waals surface area contributed by atoms with Crippen molar-refractivity contribution in [2.24, 2.45) is 17.3 Å². The van der Waals surface area contributed by atoms with Crippen LogP contribution >= 0.6 is 11.6 Å². The highest BCUT2D eigenvalue weighted by Gasteiger charge is 2.62. The molecule has 0 bridgehead atoms. The average Bonchev–Trinajstić information content (AvgIpc) is 2.99. The van der Waals surface area contributed by atoms with E-state index in [1.807, 2.05) is 0 Å². The molecule has 0 unspecified atom stereocenters. The molecule has 1 aliphatic rings. The van der Waals surface area contributed by atoms with Gasteiger partial charge in [0, 0.05) is 10.6 Å². The third kappa shape index (κ3) is 3.88. The Morgan fingerprint density at radius 1 is 1.38 bits per heavy atom. The Morgan fingerprint density at radius 2 is 2.00 bits per heavy atom. The molecule has 2 atom stereocenters. The fourth-order valence-corrected chi connectivity index (χ4v) is 2.76. The summed E-state index contributed by atoms with van der Waals surface area (Å²) in [6.45, 7) is 2.76. The van der Waals surface area contributed by atoms with Crippen LogP contribution in [0.2, 0.25) is 5.02 Å². The molecule has 0 aromatic heterocycles. The predicted molar refractivity (Wildman–Crippen MR) is 77.2 cm³/mol. The molecule has 0 saturated heterocycles.